The first-order valence-corrected chi connectivity index (χ1v) is 12.6. The molecule has 0 amide bonds. The Hall–Kier alpha value is -0.0800. The van der Waals surface area contributed by atoms with Gasteiger partial charge in [-0.15, -0.1) is 0 Å². The van der Waals surface area contributed by atoms with Crippen molar-refractivity contribution in [3.8, 4) is 0 Å². The molecule has 1 saturated heterocycles. The quantitative estimate of drug-likeness (QED) is 0.554. The Morgan fingerprint density at radius 1 is 0.852 bits per heavy atom. The molecule has 0 N–H and O–H groups in total. The molecule has 1 unspecified atom stereocenters. The molecular weight excluding hydrogens is 328 g/mol. The van der Waals surface area contributed by atoms with Crippen LogP contribution >= 0.6 is 0 Å². The second kappa shape index (κ2) is 8.74. The lowest BCUT2D eigenvalue weighted by atomic mass is 9.66. The lowest BCUT2D eigenvalue weighted by Crippen LogP contribution is -2.49. The fourth-order valence-electron chi connectivity index (χ4n) is 6.70. The highest BCUT2D eigenvalue weighted by Crippen LogP contribution is 2.47. The van der Waals surface area contributed by atoms with Gasteiger partial charge in [-0.05, 0) is 108 Å². The van der Waals surface area contributed by atoms with Crippen molar-refractivity contribution in [2.24, 2.45) is 17.3 Å². The summed E-state index contributed by atoms with van der Waals surface area (Å²) in [7, 11) is 0. The highest BCUT2D eigenvalue weighted by Gasteiger charge is 2.43. The Balaban J connectivity index is 1.23. The van der Waals surface area contributed by atoms with Crippen molar-refractivity contribution < 1.29 is 0 Å². The Bertz CT molecular complexity index is 445. The summed E-state index contributed by atoms with van der Waals surface area (Å²) < 4.78 is 0. The van der Waals surface area contributed by atoms with Gasteiger partial charge in [-0.1, -0.05) is 26.7 Å². The largest absolute Gasteiger partial charge is 0.303 e. The van der Waals surface area contributed by atoms with Gasteiger partial charge in [-0.3, -0.25) is 4.90 Å². The summed E-state index contributed by atoms with van der Waals surface area (Å²) in [6, 6.07) is 2.65. The zero-order valence-electron chi connectivity index (χ0n) is 18.6. The van der Waals surface area contributed by atoms with Crippen molar-refractivity contribution in [2.45, 2.75) is 122 Å². The highest BCUT2D eigenvalue weighted by molar-refractivity contribution is 4.97. The van der Waals surface area contributed by atoms with Gasteiger partial charge < -0.3 is 4.90 Å². The Labute approximate surface area is 169 Å². The van der Waals surface area contributed by atoms with E-state index < -0.39 is 0 Å². The van der Waals surface area contributed by atoms with Crippen LogP contribution in [0.5, 0.6) is 0 Å². The fourth-order valence-corrected chi connectivity index (χ4v) is 6.70. The molecule has 0 aromatic heterocycles. The van der Waals surface area contributed by atoms with Gasteiger partial charge in [-0.2, -0.15) is 0 Å². The number of likely N-dealkylation sites (tertiary alicyclic amines) is 1. The van der Waals surface area contributed by atoms with Crippen LogP contribution in [-0.4, -0.2) is 47.6 Å². The lowest BCUT2D eigenvalue weighted by Gasteiger charge is -2.49. The van der Waals surface area contributed by atoms with E-state index in [0.29, 0.717) is 0 Å². The van der Waals surface area contributed by atoms with Crippen LogP contribution < -0.4 is 0 Å². The summed E-state index contributed by atoms with van der Waals surface area (Å²) in [6.07, 6.45) is 19.2. The first kappa shape index (κ1) is 20.2. The van der Waals surface area contributed by atoms with Gasteiger partial charge in [0.1, 0.15) is 0 Å². The molecule has 27 heavy (non-hydrogen) atoms. The third kappa shape index (κ3) is 4.92. The van der Waals surface area contributed by atoms with Crippen LogP contribution in [0.15, 0.2) is 0 Å². The number of hydrogen-bond donors (Lipinski definition) is 0. The first-order chi connectivity index (χ1) is 13.1. The lowest BCUT2D eigenvalue weighted by molar-refractivity contribution is 0.0130. The van der Waals surface area contributed by atoms with Crippen LogP contribution in [0.25, 0.3) is 0 Å². The minimum absolute atomic E-state index is 0.721. The maximum atomic E-state index is 2.95. The molecule has 1 atom stereocenters. The summed E-state index contributed by atoms with van der Waals surface area (Å²) >= 11 is 0. The molecule has 1 heterocycles. The smallest absolute Gasteiger partial charge is 0.0102 e. The van der Waals surface area contributed by atoms with E-state index in [1.165, 1.54) is 103 Å². The molecule has 2 nitrogen and oxygen atoms in total. The summed E-state index contributed by atoms with van der Waals surface area (Å²) in [5.41, 5.74) is 0.721. The molecule has 1 spiro atoms. The van der Waals surface area contributed by atoms with Gasteiger partial charge in [0.25, 0.3) is 0 Å². The van der Waals surface area contributed by atoms with E-state index in [-0.39, 0.29) is 0 Å². The average Bonchev–Trinajstić information content (AvgIpc) is 3.52. The molecule has 0 aromatic carbocycles. The standard InChI is InChI=1S/C25H46N2/c1-4-21(3)27(23-9-10-23)24-11-13-25(14-12-24)15-17-26(18-16-25)19-22-7-5-20(2)6-8-22/h20-24H,4-19H2,1-3H3. The summed E-state index contributed by atoms with van der Waals surface area (Å²) in [6.45, 7) is 11.5. The van der Waals surface area contributed by atoms with Crippen LogP contribution in [-0.2, 0) is 0 Å². The molecular formula is C25H46N2. The minimum atomic E-state index is 0.721. The van der Waals surface area contributed by atoms with E-state index in [1.807, 2.05) is 0 Å². The topological polar surface area (TPSA) is 6.48 Å². The monoisotopic (exact) mass is 374 g/mol. The molecule has 2 heteroatoms. The fraction of sp³-hybridized carbons (Fsp3) is 1.00. The molecule has 3 aliphatic carbocycles. The first-order valence-electron chi connectivity index (χ1n) is 12.6. The van der Waals surface area contributed by atoms with E-state index in [0.717, 1.165) is 35.4 Å². The Morgan fingerprint density at radius 3 is 2.00 bits per heavy atom. The molecule has 0 aromatic rings. The van der Waals surface area contributed by atoms with Gasteiger partial charge in [0, 0.05) is 24.7 Å². The summed E-state index contributed by atoms with van der Waals surface area (Å²) in [5, 5.41) is 0. The van der Waals surface area contributed by atoms with Crippen molar-refractivity contribution in [1.82, 2.24) is 9.80 Å². The number of rotatable bonds is 6. The highest BCUT2D eigenvalue weighted by atomic mass is 15.2. The second-order valence-electron chi connectivity index (χ2n) is 11.1. The van der Waals surface area contributed by atoms with Gasteiger partial charge in [0.2, 0.25) is 0 Å². The van der Waals surface area contributed by atoms with Crippen LogP contribution in [0.3, 0.4) is 0 Å². The van der Waals surface area contributed by atoms with Crippen molar-refractivity contribution in [3.63, 3.8) is 0 Å². The van der Waals surface area contributed by atoms with Crippen LogP contribution in [0, 0.1) is 17.3 Å². The molecule has 3 saturated carbocycles. The SMILES string of the molecule is CCC(C)N(C1CC1)C1CCC2(CC1)CCN(CC1CCC(C)CC1)CC2. The van der Waals surface area contributed by atoms with E-state index >= 15 is 0 Å². The third-order valence-electron chi connectivity index (χ3n) is 9.07. The predicted octanol–water partition coefficient (Wildman–Crippen LogP) is 6.10. The minimum Gasteiger partial charge on any atom is -0.303 e. The molecule has 4 fully saturated rings. The van der Waals surface area contributed by atoms with Crippen LogP contribution in [0.4, 0.5) is 0 Å². The molecule has 0 bridgehead atoms. The van der Waals surface area contributed by atoms with Crippen molar-refractivity contribution in [1.29, 1.82) is 0 Å². The van der Waals surface area contributed by atoms with E-state index in [2.05, 4.69) is 30.6 Å². The maximum absolute atomic E-state index is 2.95. The number of nitrogens with zero attached hydrogens (tertiary/aromatic N) is 2. The van der Waals surface area contributed by atoms with Crippen molar-refractivity contribution in [3.05, 3.63) is 0 Å². The summed E-state index contributed by atoms with van der Waals surface area (Å²) in [5.74, 6) is 2.00. The Morgan fingerprint density at radius 2 is 1.44 bits per heavy atom. The zero-order valence-corrected chi connectivity index (χ0v) is 18.6. The van der Waals surface area contributed by atoms with Gasteiger partial charge in [0.05, 0.1) is 0 Å². The maximum Gasteiger partial charge on any atom is 0.0102 e. The molecule has 4 rings (SSSR count). The number of hydrogen-bond acceptors (Lipinski definition) is 2. The van der Waals surface area contributed by atoms with Gasteiger partial charge in [0.15, 0.2) is 0 Å². The van der Waals surface area contributed by atoms with Crippen molar-refractivity contribution in [2.75, 3.05) is 19.6 Å². The molecule has 4 aliphatic rings. The summed E-state index contributed by atoms with van der Waals surface area (Å²) in [4.78, 5) is 5.79. The molecule has 1 aliphatic heterocycles. The van der Waals surface area contributed by atoms with Gasteiger partial charge >= 0.3 is 0 Å². The average molecular weight is 375 g/mol. The van der Waals surface area contributed by atoms with E-state index in [1.54, 1.807) is 0 Å². The Kier molecular flexibility index (Phi) is 6.54. The predicted molar refractivity (Wildman–Crippen MR) is 116 cm³/mol. The number of piperidine rings is 1. The van der Waals surface area contributed by atoms with Crippen molar-refractivity contribution >= 4 is 0 Å². The molecule has 0 radical (unpaired) electrons. The van der Waals surface area contributed by atoms with E-state index in [9.17, 15) is 0 Å². The van der Waals surface area contributed by atoms with E-state index in [4.69, 9.17) is 0 Å². The zero-order chi connectivity index (χ0) is 18.9. The molecule has 156 valence electrons. The van der Waals surface area contributed by atoms with Crippen LogP contribution in [0.2, 0.25) is 0 Å². The van der Waals surface area contributed by atoms with Crippen LogP contribution in [0.1, 0.15) is 104 Å². The van der Waals surface area contributed by atoms with Gasteiger partial charge in [-0.25, -0.2) is 0 Å². The normalized spacial score (nSPS) is 34.2. The third-order valence-corrected chi connectivity index (χ3v) is 9.07. The second-order valence-corrected chi connectivity index (χ2v) is 11.1.